The van der Waals surface area contributed by atoms with Crippen LogP contribution in [-0.4, -0.2) is 43.9 Å². The molecule has 2 N–H and O–H groups in total. The lowest BCUT2D eigenvalue weighted by Gasteiger charge is -2.39. The minimum absolute atomic E-state index is 0.0830. The lowest BCUT2D eigenvalue weighted by Crippen LogP contribution is -2.49. The first-order valence-corrected chi connectivity index (χ1v) is 12.0. The van der Waals surface area contributed by atoms with E-state index in [1.54, 1.807) is 13.1 Å². The maximum absolute atomic E-state index is 11.5. The van der Waals surface area contributed by atoms with Crippen LogP contribution < -0.4 is 10.1 Å². The monoisotopic (exact) mass is 447 g/mol. The molecule has 2 bridgehead atoms. The zero-order valence-electron chi connectivity index (χ0n) is 17.9. The molecule has 0 radical (unpaired) electrons. The van der Waals surface area contributed by atoms with Crippen molar-refractivity contribution in [3.8, 4) is 10.9 Å². The van der Waals surface area contributed by atoms with E-state index in [0.717, 1.165) is 41.0 Å². The number of amides is 1. The zero-order valence-corrected chi connectivity index (χ0v) is 18.7. The fourth-order valence-corrected chi connectivity index (χ4v) is 6.17. The van der Waals surface area contributed by atoms with Crippen LogP contribution >= 0.6 is 11.3 Å². The van der Waals surface area contributed by atoms with Gasteiger partial charge in [0.2, 0.25) is 5.91 Å². The van der Waals surface area contributed by atoms with Crippen LogP contribution in [0.4, 0.5) is 0 Å². The maximum Gasteiger partial charge on any atom is 0.281 e. The Morgan fingerprint density at radius 1 is 1.28 bits per heavy atom. The first-order valence-electron chi connectivity index (χ1n) is 11.1. The summed E-state index contributed by atoms with van der Waals surface area (Å²) in [6.45, 7) is 2.55. The molecule has 8 heteroatoms. The number of aromatic amines is 1. The third-order valence-electron chi connectivity index (χ3n) is 6.74. The second-order valence-electron chi connectivity index (χ2n) is 8.86. The normalized spacial score (nSPS) is 23.1. The Bertz CT molecular complexity index is 1250. The molecule has 164 valence electrons. The van der Waals surface area contributed by atoms with Gasteiger partial charge in [-0.25, -0.2) is 9.97 Å². The molecule has 2 fully saturated rings. The van der Waals surface area contributed by atoms with E-state index in [1.807, 2.05) is 24.3 Å². The van der Waals surface area contributed by atoms with Gasteiger partial charge in [0.15, 0.2) is 0 Å². The maximum atomic E-state index is 11.5. The van der Waals surface area contributed by atoms with Gasteiger partial charge in [0.05, 0.1) is 0 Å². The molecule has 0 aliphatic carbocycles. The summed E-state index contributed by atoms with van der Waals surface area (Å²) in [6.07, 6.45) is 8.43. The van der Waals surface area contributed by atoms with E-state index in [2.05, 4.69) is 37.4 Å². The second kappa shape index (κ2) is 7.86. The fraction of sp³-hybridized carbons (Fsp3) is 0.375. The average molecular weight is 448 g/mol. The number of rotatable bonds is 5. The number of carbonyl (C=O) groups is 1. The number of ether oxygens (including phenoxy) is 1. The smallest absolute Gasteiger partial charge is 0.281 e. The van der Waals surface area contributed by atoms with E-state index in [4.69, 9.17) is 4.74 Å². The highest BCUT2D eigenvalue weighted by Crippen LogP contribution is 2.38. The number of nitrogens with one attached hydrogen (secondary N) is 2. The lowest BCUT2D eigenvalue weighted by atomic mass is 9.96. The molecule has 2 aliphatic heterocycles. The second-order valence-corrected chi connectivity index (χ2v) is 9.80. The molecule has 0 spiro atoms. The molecule has 1 amide bonds. The van der Waals surface area contributed by atoms with E-state index in [1.165, 1.54) is 35.1 Å². The van der Waals surface area contributed by atoms with Crippen molar-refractivity contribution in [3.63, 3.8) is 0 Å². The minimum Gasteiger partial charge on any atom is -0.431 e. The number of piperidine rings is 1. The predicted molar refractivity (Wildman–Crippen MR) is 125 cm³/mol. The third-order valence-corrected chi connectivity index (χ3v) is 7.59. The molecular formula is C24H25N5O2S. The third kappa shape index (κ3) is 3.63. The van der Waals surface area contributed by atoms with Crippen LogP contribution in [0.3, 0.4) is 0 Å². The number of pyridine rings is 1. The van der Waals surface area contributed by atoms with Crippen molar-refractivity contribution in [2.75, 3.05) is 0 Å². The number of benzene rings is 1. The van der Waals surface area contributed by atoms with Gasteiger partial charge in [0.1, 0.15) is 16.1 Å². The largest absolute Gasteiger partial charge is 0.431 e. The Morgan fingerprint density at radius 2 is 2.12 bits per heavy atom. The number of H-pyrrole nitrogens is 1. The van der Waals surface area contributed by atoms with Gasteiger partial charge < -0.3 is 15.0 Å². The Labute approximate surface area is 189 Å². The summed E-state index contributed by atoms with van der Waals surface area (Å²) in [5, 5.41) is 4.96. The van der Waals surface area contributed by atoms with Crippen molar-refractivity contribution < 1.29 is 9.53 Å². The van der Waals surface area contributed by atoms with Gasteiger partial charge in [-0.2, -0.15) is 0 Å². The van der Waals surface area contributed by atoms with Crippen LogP contribution in [0.15, 0.2) is 42.7 Å². The van der Waals surface area contributed by atoms with Gasteiger partial charge in [0, 0.05) is 61.0 Å². The molecule has 7 nitrogen and oxygen atoms in total. The van der Waals surface area contributed by atoms with Crippen molar-refractivity contribution in [1.82, 2.24) is 25.2 Å². The fourth-order valence-electron chi connectivity index (χ4n) is 5.39. The molecule has 0 saturated carbocycles. The number of carbonyl (C=O) groups excluding carboxylic acids is 1. The molecule has 3 aromatic heterocycles. The first-order chi connectivity index (χ1) is 15.6. The lowest BCUT2D eigenvalue weighted by molar-refractivity contribution is -0.120. The summed E-state index contributed by atoms with van der Waals surface area (Å²) in [6, 6.07) is 11.4. The molecule has 32 heavy (non-hydrogen) atoms. The van der Waals surface area contributed by atoms with E-state index in [9.17, 15) is 4.79 Å². The van der Waals surface area contributed by atoms with Gasteiger partial charge in [-0.15, -0.1) is 0 Å². The molecule has 1 aromatic carbocycles. The molecule has 3 atom stereocenters. The Balaban J connectivity index is 1.18. The van der Waals surface area contributed by atoms with Crippen LogP contribution in [0.1, 0.15) is 38.2 Å². The van der Waals surface area contributed by atoms with Crippen LogP contribution in [0.5, 0.6) is 10.9 Å². The number of hydrogen-bond acceptors (Lipinski definition) is 6. The van der Waals surface area contributed by atoms with Crippen molar-refractivity contribution in [3.05, 3.63) is 48.3 Å². The van der Waals surface area contributed by atoms with Gasteiger partial charge in [-0.05, 0) is 55.5 Å². The quantitative estimate of drug-likeness (QED) is 0.467. The average Bonchev–Trinajstić information content (AvgIpc) is 3.42. The summed E-state index contributed by atoms with van der Waals surface area (Å²) in [5.74, 6) is 0.848. The topological polar surface area (TPSA) is 83.1 Å². The summed E-state index contributed by atoms with van der Waals surface area (Å²) in [5.41, 5.74) is 3.23. The molecular weight excluding hydrogens is 422 g/mol. The van der Waals surface area contributed by atoms with Crippen molar-refractivity contribution in [2.45, 2.75) is 57.3 Å². The number of nitrogens with zero attached hydrogens (tertiary/aromatic N) is 3. The van der Waals surface area contributed by atoms with Crippen LogP contribution in [0.2, 0.25) is 0 Å². The van der Waals surface area contributed by atoms with Gasteiger partial charge in [-0.1, -0.05) is 11.3 Å². The molecule has 2 saturated heterocycles. The highest BCUT2D eigenvalue weighted by atomic mass is 32.1. The van der Waals surface area contributed by atoms with Gasteiger partial charge in [0.25, 0.3) is 5.19 Å². The Hall–Kier alpha value is -2.97. The number of thiazole rings is 1. The summed E-state index contributed by atoms with van der Waals surface area (Å²) in [4.78, 5) is 27.3. The summed E-state index contributed by atoms with van der Waals surface area (Å²) < 4.78 is 6.02. The minimum atomic E-state index is 0.0830. The summed E-state index contributed by atoms with van der Waals surface area (Å²) in [7, 11) is 0. The van der Waals surface area contributed by atoms with Crippen LogP contribution in [0, 0.1) is 0 Å². The number of aromatic nitrogens is 3. The first kappa shape index (κ1) is 19.7. The number of hydrogen-bond donors (Lipinski definition) is 2. The highest BCUT2D eigenvalue weighted by molar-refractivity contribution is 7.19. The Morgan fingerprint density at radius 3 is 2.91 bits per heavy atom. The van der Waals surface area contributed by atoms with Gasteiger partial charge in [-0.3, -0.25) is 9.69 Å². The molecule has 2 aliphatic rings. The van der Waals surface area contributed by atoms with Crippen LogP contribution in [-0.2, 0) is 11.3 Å². The van der Waals surface area contributed by atoms with Crippen LogP contribution in [0.25, 0.3) is 21.3 Å². The van der Waals surface area contributed by atoms with Gasteiger partial charge >= 0.3 is 0 Å². The molecule has 5 heterocycles. The van der Waals surface area contributed by atoms with Crippen molar-refractivity contribution in [1.29, 1.82) is 0 Å². The summed E-state index contributed by atoms with van der Waals surface area (Å²) >= 11 is 1.45. The number of fused-ring (bicyclic) bond motifs is 4. The van der Waals surface area contributed by atoms with Crippen molar-refractivity contribution >= 4 is 38.5 Å². The van der Waals surface area contributed by atoms with Crippen molar-refractivity contribution in [2.24, 2.45) is 0 Å². The highest BCUT2D eigenvalue weighted by Gasteiger charge is 2.40. The van der Waals surface area contributed by atoms with E-state index in [-0.39, 0.29) is 5.91 Å². The SMILES string of the molecule is CC(=O)NC1C[C@H]2CC[C@@H](C1)N2Cc1c[nH]c2cc(Oc3nc4cccnc4s3)ccc12. The predicted octanol–water partition coefficient (Wildman–Crippen LogP) is 4.60. The van der Waals surface area contributed by atoms with E-state index < -0.39 is 0 Å². The standard InChI is InChI=1S/C24H25N5O2S/c1-14(30)27-16-9-17-4-5-18(10-16)29(17)13-15-12-26-22-11-19(6-7-20(15)22)31-24-28-21-3-2-8-25-23(21)32-24/h2-3,6-8,11-12,16-18,26H,4-5,9-10,13H2,1H3,(H,27,30)/t16?,17-,18+. The zero-order chi connectivity index (χ0) is 21.7. The Kier molecular flexibility index (Phi) is 4.84. The van der Waals surface area contributed by atoms with E-state index in [0.29, 0.717) is 23.3 Å². The molecule has 4 aromatic rings. The van der Waals surface area contributed by atoms with E-state index >= 15 is 0 Å². The molecule has 1 unspecified atom stereocenters. The molecule has 6 rings (SSSR count).